The topological polar surface area (TPSA) is 101 Å². The summed E-state index contributed by atoms with van der Waals surface area (Å²) < 4.78 is 9.61. The van der Waals surface area contributed by atoms with Gasteiger partial charge in [0.2, 0.25) is 6.35 Å². The molecule has 2 aromatic heterocycles. The van der Waals surface area contributed by atoms with Gasteiger partial charge in [-0.2, -0.15) is 0 Å². The van der Waals surface area contributed by atoms with Crippen LogP contribution in [0.1, 0.15) is 53.2 Å². The number of hydrogen-bond donors (Lipinski definition) is 2. The predicted octanol–water partition coefficient (Wildman–Crippen LogP) is 1.74. The van der Waals surface area contributed by atoms with Gasteiger partial charge in [0, 0.05) is 64.6 Å². The van der Waals surface area contributed by atoms with Crippen LogP contribution in [0, 0.1) is 0 Å². The standard InChI is InChI=1S/C26H33N7O3/c1-3-32-24-23(25(34)29-26(32)35)33(13-17-7-9-19(10-8-17)31-15-20(16-31)36-2)22(28-24)12-18-14-30-11-5-4-6-21(30)27-18/h7-10,14,20,26,35H,3-6,11-13,15-16H2,1-2H3,(H,29,34). The van der Waals surface area contributed by atoms with Gasteiger partial charge in [0.25, 0.3) is 5.91 Å². The Morgan fingerprint density at radius 2 is 1.97 bits per heavy atom. The number of aryl methyl sites for hydroxylation is 2. The van der Waals surface area contributed by atoms with Gasteiger partial charge in [-0.05, 0) is 37.5 Å². The summed E-state index contributed by atoms with van der Waals surface area (Å²) in [6, 6.07) is 8.45. The maximum Gasteiger partial charge on any atom is 0.275 e. The zero-order chi connectivity index (χ0) is 24.8. The van der Waals surface area contributed by atoms with Crippen LogP contribution in [0.3, 0.4) is 0 Å². The Bertz CT molecular complexity index is 1240. The SMILES string of the molecule is CCN1c2nc(Cc3cn4c(n3)CCCC4)n(Cc3ccc(N4CC(OC)C4)cc3)c2C(=O)NC1O. The number of anilines is 2. The molecule has 1 fully saturated rings. The Labute approximate surface area is 210 Å². The zero-order valence-electron chi connectivity index (χ0n) is 20.9. The highest BCUT2D eigenvalue weighted by Gasteiger charge is 2.35. The summed E-state index contributed by atoms with van der Waals surface area (Å²) in [6.45, 7) is 5.78. The lowest BCUT2D eigenvalue weighted by Gasteiger charge is -2.40. The number of aromatic nitrogens is 4. The largest absolute Gasteiger partial charge is 0.378 e. The third kappa shape index (κ3) is 4.04. The summed E-state index contributed by atoms with van der Waals surface area (Å²) in [5.74, 6) is 2.11. The summed E-state index contributed by atoms with van der Waals surface area (Å²) in [6.07, 6.45) is 5.20. The van der Waals surface area contributed by atoms with Gasteiger partial charge in [0.15, 0.2) is 11.5 Å². The molecule has 1 atom stereocenters. The zero-order valence-corrected chi connectivity index (χ0v) is 20.9. The Morgan fingerprint density at radius 3 is 2.69 bits per heavy atom. The fraction of sp³-hybridized carbons (Fsp3) is 0.500. The van der Waals surface area contributed by atoms with Crippen molar-refractivity contribution >= 4 is 17.4 Å². The van der Waals surface area contributed by atoms with Crippen LogP contribution in [-0.2, 0) is 30.7 Å². The molecule has 1 amide bonds. The van der Waals surface area contributed by atoms with Crippen molar-refractivity contribution in [3.8, 4) is 0 Å². The molecule has 1 aromatic carbocycles. The third-order valence-electron chi connectivity index (χ3n) is 7.53. The summed E-state index contributed by atoms with van der Waals surface area (Å²) in [5, 5.41) is 13.1. The normalized spacial score (nSPS) is 19.6. The molecule has 1 unspecified atom stereocenters. The number of carbonyl (C=O) groups excluding carboxylic acids is 1. The first kappa shape index (κ1) is 23.1. The molecule has 3 aliphatic rings. The molecule has 6 rings (SSSR count). The molecule has 2 N–H and O–H groups in total. The summed E-state index contributed by atoms with van der Waals surface area (Å²) in [5.41, 5.74) is 3.69. The number of aliphatic hydroxyl groups excluding tert-OH is 1. The minimum atomic E-state index is -1.09. The number of ether oxygens (including phenoxy) is 1. The van der Waals surface area contributed by atoms with E-state index in [0.717, 1.165) is 49.0 Å². The molecule has 10 nitrogen and oxygen atoms in total. The van der Waals surface area contributed by atoms with Gasteiger partial charge in [-0.25, -0.2) is 9.97 Å². The highest BCUT2D eigenvalue weighted by atomic mass is 16.5. The van der Waals surface area contributed by atoms with E-state index in [1.54, 1.807) is 12.0 Å². The third-order valence-corrected chi connectivity index (χ3v) is 7.53. The molecule has 1 saturated heterocycles. The van der Waals surface area contributed by atoms with Gasteiger partial charge in [-0.1, -0.05) is 12.1 Å². The van der Waals surface area contributed by atoms with Crippen LogP contribution in [-0.4, -0.2) is 69.3 Å². The molecule has 0 bridgehead atoms. The monoisotopic (exact) mass is 491 g/mol. The number of hydrogen-bond acceptors (Lipinski definition) is 7. The molecule has 0 radical (unpaired) electrons. The maximum absolute atomic E-state index is 13.0. The quantitative estimate of drug-likeness (QED) is 0.519. The van der Waals surface area contributed by atoms with Crippen LogP contribution in [0.15, 0.2) is 30.5 Å². The molecular formula is C26H33N7O3. The van der Waals surface area contributed by atoms with E-state index in [0.29, 0.717) is 37.1 Å². The van der Waals surface area contributed by atoms with Crippen molar-refractivity contribution in [3.63, 3.8) is 0 Å². The van der Waals surface area contributed by atoms with E-state index < -0.39 is 6.35 Å². The second kappa shape index (κ2) is 9.25. The smallest absolute Gasteiger partial charge is 0.275 e. The molecule has 0 spiro atoms. The molecule has 190 valence electrons. The number of nitrogens with one attached hydrogen (secondary N) is 1. The van der Waals surface area contributed by atoms with Crippen molar-refractivity contribution in [1.82, 2.24) is 24.4 Å². The number of fused-ring (bicyclic) bond motifs is 2. The van der Waals surface area contributed by atoms with E-state index in [2.05, 4.69) is 45.2 Å². The van der Waals surface area contributed by atoms with E-state index in [4.69, 9.17) is 14.7 Å². The van der Waals surface area contributed by atoms with Crippen LogP contribution >= 0.6 is 0 Å². The van der Waals surface area contributed by atoms with Crippen LogP contribution < -0.4 is 15.1 Å². The van der Waals surface area contributed by atoms with Gasteiger partial charge in [0.1, 0.15) is 11.6 Å². The molecule has 36 heavy (non-hydrogen) atoms. The van der Waals surface area contributed by atoms with Gasteiger partial charge < -0.3 is 34.1 Å². The number of carbonyl (C=O) groups is 1. The second-order valence-corrected chi connectivity index (χ2v) is 9.82. The lowest BCUT2D eigenvalue weighted by molar-refractivity contribution is 0.0735. The lowest BCUT2D eigenvalue weighted by atomic mass is 10.1. The maximum atomic E-state index is 13.0. The number of rotatable bonds is 7. The molecule has 10 heteroatoms. The first-order valence-electron chi connectivity index (χ1n) is 12.8. The van der Waals surface area contributed by atoms with Crippen molar-refractivity contribution in [2.24, 2.45) is 0 Å². The van der Waals surface area contributed by atoms with Crippen molar-refractivity contribution in [2.75, 3.05) is 36.5 Å². The van der Waals surface area contributed by atoms with Crippen LogP contribution in [0.5, 0.6) is 0 Å². The summed E-state index contributed by atoms with van der Waals surface area (Å²) in [4.78, 5) is 26.8. The van der Waals surface area contributed by atoms with Crippen molar-refractivity contribution < 1.29 is 14.6 Å². The average Bonchev–Trinajstić information content (AvgIpc) is 3.41. The van der Waals surface area contributed by atoms with Gasteiger partial charge >= 0.3 is 0 Å². The van der Waals surface area contributed by atoms with E-state index in [1.807, 2.05) is 11.5 Å². The number of aliphatic hydroxyl groups is 1. The average molecular weight is 492 g/mol. The number of benzene rings is 1. The van der Waals surface area contributed by atoms with Crippen molar-refractivity contribution in [3.05, 3.63) is 59.1 Å². The summed E-state index contributed by atoms with van der Waals surface area (Å²) in [7, 11) is 1.75. The molecule has 3 aliphatic heterocycles. The van der Waals surface area contributed by atoms with Crippen LogP contribution in [0.2, 0.25) is 0 Å². The number of methoxy groups -OCH3 is 1. The van der Waals surface area contributed by atoms with E-state index >= 15 is 0 Å². The molecular weight excluding hydrogens is 458 g/mol. The minimum Gasteiger partial charge on any atom is -0.378 e. The van der Waals surface area contributed by atoms with Gasteiger partial charge in [-0.15, -0.1) is 0 Å². The van der Waals surface area contributed by atoms with Crippen molar-refractivity contribution in [1.29, 1.82) is 0 Å². The second-order valence-electron chi connectivity index (χ2n) is 9.82. The summed E-state index contributed by atoms with van der Waals surface area (Å²) >= 11 is 0. The molecule has 3 aromatic rings. The highest BCUT2D eigenvalue weighted by Crippen LogP contribution is 2.29. The van der Waals surface area contributed by atoms with Crippen molar-refractivity contribution in [2.45, 2.75) is 58.2 Å². The highest BCUT2D eigenvalue weighted by molar-refractivity contribution is 5.99. The Kier molecular flexibility index (Phi) is 5.93. The Morgan fingerprint density at radius 1 is 1.17 bits per heavy atom. The Hall–Kier alpha value is -3.37. The molecule has 0 saturated carbocycles. The lowest BCUT2D eigenvalue weighted by Crippen LogP contribution is -2.53. The number of amides is 1. The predicted molar refractivity (Wildman–Crippen MR) is 135 cm³/mol. The van der Waals surface area contributed by atoms with Gasteiger partial charge in [0.05, 0.1) is 11.8 Å². The first-order valence-corrected chi connectivity index (χ1v) is 12.8. The minimum absolute atomic E-state index is 0.300. The molecule has 5 heterocycles. The first-order chi connectivity index (χ1) is 17.5. The number of imidazole rings is 2. The van der Waals surface area contributed by atoms with Crippen LogP contribution in [0.25, 0.3) is 0 Å². The van der Waals surface area contributed by atoms with Crippen LogP contribution in [0.4, 0.5) is 11.5 Å². The molecule has 0 aliphatic carbocycles. The van der Waals surface area contributed by atoms with E-state index in [9.17, 15) is 9.90 Å². The number of nitrogens with zero attached hydrogens (tertiary/aromatic N) is 6. The Balaban J connectivity index is 1.32. The fourth-order valence-corrected chi connectivity index (χ4v) is 5.43. The van der Waals surface area contributed by atoms with E-state index in [-0.39, 0.29) is 5.91 Å². The fourth-order valence-electron chi connectivity index (χ4n) is 5.43. The van der Waals surface area contributed by atoms with E-state index in [1.165, 1.54) is 18.5 Å². The van der Waals surface area contributed by atoms with Gasteiger partial charge in [-0.3, -0.25) is 4.79 Å².